The average molecular weight is 381 g/mol. The Morgan fingerprint density at radius 1 is 1.12 bits per heavy atom. The van der Waals surface area contributed by atoms with Crippen LogP contribution in [0.3, 0.4) is 0 Å². The predicted molar refractivity (Wildman–Crippen MR) is 109 cm³/mol. The van der Waals surface area contributed by atoms with Crippen LogP contribution in [-0.2, 0) is 4.79 Å². The van der Waals surface area contributed by atoms with E-state index in [1.54, 1.807) is 22.9 Å². The fourth-order valence-corrected chi connectivity index (χ4v) is 4.58. The zero-order valence-corrected chi connectivity index (χ0v) is 15.8. The lowest BCUT2D eigenvalue weighted by Crippen LogP contribution is -2.28. The molecule has 0 saturated carbocycles. The van der Waals surface area contributed by atoms with Gasteiger partial charge >= 0.3 is 0 Å². The molecule has 4 rings (SSSR count). The predicted octanol–water partition coefficient (Wildman–Crippen LogP) is 5.49. The Morgan fingerprint density at radius 3 is 2.65 bits per heavy atom. The summed E-state index contributed by atoms with van der Waals surface area (Å²) in [5, 5.41) is 0.432. The van der Waals surface area contributed by atoms with Crippen molar-refractivity contribution in [3.63, 3.8) is 0 Å². The number of carbonyl (C=O) groups excluding carboxylic acids is 1. The van der Waals surface area contributed by atoms with E-state index in [0.717, 1.165) is 22.4 Å². The Hall–Kier alpha value is -2.30. The standard InChI is InChI=1S/C21H17ClN2OS/c1-14-6-8-15(9-7-14)16-10-11-23-12-17(16)21-24(20(25)13-26-21)19-5-3-2-4-18(19)22/h2-12,21H,13H2,1H3. The number of rotatable bonds is 3. The number of amides is 1. The molecule has 1 saturated heterocycles. The minimum Gasteiger partial charge on any atom is -0.293 e. The topological polar surface area (TPSA) is 33.2 Å². The van der Waals surface area contributed by atoms with Gasteiger partial charge in [0.05, 0.1) is 16.5 Å². The second-order valence-corrected chi connectivity index (χ2v) is 7.68. The SMILES string of the molecule is Cc1ccc(-c2ccncc2C2SCC(=O)N2c2ccccc2Cl)cc1. The molecule has 1 fully saturated rings. The van der Waals surface area contributed by atoms with Gasteiger partial charge in [0.1, 0.15) is 5.37 Å². The van der Waals surface area contributed by atoms with E-state index in [2.05, 4.69) is 36.2 Å². The lowest BCUT2D eigenvalue weighted by atomic mass is 10.00. The Bertz CT molecular complexity index is 958. The number of aromatic nitrogens is 1. The number of benzene rings is 2. The maximum absolute atomic E-state index is 12.6. The molecule has 1 unspecified atom stereocenters. The number of carbonyl (C=O) groups is 1. The number of halogens is 1. The molecule has 1 aliphatic rings. The highest BCUT2D eigenvalue weighted by Gasteiger charge is 2.36. The Morgan fingerprint density at radius 2 is 1.88 bits per heavy atom. The highest BCUT2D eigenvalue weighted by Crippen LogP contribution is 2.46. The third-order valence-corrected chi connectivity index (χ3v) is 5.97. The molecule has 1 aliphatic heterocycles. The van der Waals surface area contributed by atoms with E-state index in [9.17, 15) is 4.79 Å². The van der Waals surface area contributed by atoms with Crippen LogP contribution in [0.5, 0.6) is 0 Å². The molecule has 0 N–H and O–H groups in total. The van der Waals surface area contributed by atoms with Crippen molar-refractivity contribution in [2.24, 2.45) is 0 Å². The zero-order valence-electron chi connectivity index (χ0n) is 14.2. The average Bonchev–Trinajstić information content (AvgIpc) is 3.04. The Kier molecular flexibility index (Phi) is 4.70. The molecule has 26 heavy (non-hydrogen) atoms. The van der Waals surface area contributed by atoms with Crippen molar-refractivity contribution in [2.45, 2.75) is 12.3 Å². The molecule has 1 aromatic heterocycles. The molecule has 0 aliphatic carbocycles. The molecule has 2 aromatic carbocycles. The van der Waals surface area contributed by atoms with Gasteiger partial charge in [-0.15, -0.1) is 11.8 Å². The van der Waals surface area contributed by atoms with Crippen molar-refractivity contribution in [1.82, 2.24) is 4.98 Å². The zero-order chi connectivity index (χ0) is 18.1. The van der Waals surface area contributed by atoms with Gasteiger partial charge in [-0.05, 0) is 36.2 Å². The Balaban J connectivity index is 1.81. The van der Waals surface area contributed by atoms with Gasteiger partial charge in [-0.25, -0.2) is 0 Å². The van der Waals surface area contributed by atoms with Crippen LogP contribution in [0.25, 0.3) is 11.1 Å². The van der Waals surface area contributed by atoms with Crippen LogP contribution in [0.4, 0.5) is 5.69 Å². The quantitative estimate of drug-likeness (QED) is 0.602. The van der Waals surface area contributed by atoms with Crippen LogP contribution in [0, 0.1) is 6.92 Å². The van der Waals surface area contributed by atoms with Crippen LogP contribution in [0.2, 0.25) is 5.02 Å². The van der Waals surface area contributed by atoms with Crippen molar-refractivity contribution < 1.29 is 4.79 Å². The third kappa shape index (κ3) is 3.11. The van der Waals surface area contributed by atoms with Gasteiger partial charge in [0.15, 0.2) is 0 Å². The smallest absolute Gasteiger partial charge is 0.238 e. The highest BCUT2D eigenvalue weighted by molar-refractivity contribution is 8.00. The number of anilines is 1. The van der Waals surface area contributed by atoms with Gasteiger partial charge in [0.2, 0.25) is 5.91 Å². The number of aryl methyl sites for hydroxylation is 1. The summed E-state index contributed by atoms with van der Waals surface area (Å²) in [6.45, 7) is 2.07. The molecule has 0 spiro atoms. The van der Waals surface area contributed by atoms with Gasteiger partial charge in [0.25, 0.3) is 0 Å². The lowest BCUT2D eigenvalue weighted by Gasteiger charge is -2.26. The molecular formula is C21H17ClN2OS. The van der Waals surface area contributed by atoms with E-state index in [1.165, 1.54) is 5.56 Å². The van der Waals surface area contributed by atoms with Gasteiger partial charge in [-0.2, -0.15) is 0 Å². The third-order valence-electron chi connectivity index (χ3n) is 4.46. The van der Waals surface area contributed by atoms with E-state index in [4.69, 9.17) is 11.6 Å². The van der Waals surface area contributed by atoms with Gasteiger partial charge in [-0.1, -0.05) is 53.6 Å². The summed E-state index contributed by atoms with van der Waals surface area (Å²) in [7, 11) is 0. The first-order valence-electron chi connectivity index (χ1n) is 8.34. The fraction of sp³-hybridized carbons (Fsp3) is 0.143. The van der Waals surface area contributed by atoms with Crippen LogP contribution >= 0.6 is 23.4 Å². The van der Waals surface area contributed by atoms with E-state index < -0.39 is 0 Å². The molecule has 3 nitrogen and oxygen atoms in total. The maximum atomic E-state index is 12.6. The van der Waals surface area contributed by atoms with Crippen molar-refractivity contribution >= 4 is 35.0 Å². The summed E-state index contributed by atoms with van der Waals surface area (Å²) in [4.78, 5) is 18.7. The van der Waals surface area contributed by atoms with E-state index in [0.29, 0.717) is 10.8 Å². The van der Waals surface area contributed by atoms with E-state index in [-0.39, 0.29) is 11.3 Å². The molecular weight excluding hydrogens is 364 g/mol. The number of nitrogens with zero attached hydrogens (tertiary/aromatic N) is 2. The first-order valence-corrected chi connectivity index (χ1v) is 9.77. The van der Waals surface area contributed by atoms with Gasteiger partial charge in [-0.3, -0.25) is 14.7 Å². The monoisotopic (exact) mass is 380 g/mol. The highest BCUT2D eigenvalue weighted by atomic mass is 35.5. The number of hydrogen-bond acceptors (Lipinski definition) is 3. The maximum Gasteiger partial charge on any atom is 0.238 e. The Labute approximate surface area is 162 Å². The summed E-state index contributed by atoms with van der Waals surface area (Å²) < 4.78 is 0. The van der Waals surface area contributed by atoms with E-state index in [1.807, 2.05) is 36.5 Å². The van der Waals surface area contributed by atoms with Gasteiger partial charge in [0, 0.05) is 18.0 Å². The second-order valence-electron chi connectivity index (χ2n) is 6.21. The number of pyridine rings is 1. The van der Waals surface area contributed by atoms with Crippen molar-refractivity contribution in [1.29, 1.82) is 0 Å². The second kappa shape index (κ2) is 7.14. The molecule has 1 amide bonds. The van der Waals surface area contributed by atoms with Crippen molar-refractivity contribution in [3.05, 3.63) is 83.1 Å². The molecule has 130 valence electrons. The number of para-hydroxylation sites is 1. The molecule has 0 bridgehead atoms. The first kappa shape index (κ1) is 17.1. The van der Waals surface area contributed by atoms with Crippen LogP contribution in [0.1, 0.15) is 16.5 Å². The summed E-state index contributed by atoms with van der Waals surface area (Å²) >= 11 is 7.98. The summed E-state index contributed by atoms with van der Waals surface area (Å²) in [5.74, 6) is 0.491. The van der Waals surface area contributed by atoms with E-state index >= 15 is 0 Å². The molecule has 3 aromatic rings. The van der Waals surface area contributed by atoms with Gasteiger partial charge < -0.3 is 0 Å². The molecule has 0 radical (unpaired) electrons. The summed E-state index contributed by atoms with van der Waals surface area (Å²) in [6.07, 6.45) is 3.65. The van der Waals surface area contributed by atoms with Crippen LogP contribution in [-0.4, -0.2) is 16.6 Å². The van der Waals surface area contributed by atoms with Crippen molar-refractivity contribution in [2.75, 3.05) is 10.7 Å². The summed E-state index contributed by atoms with van der Waals surface area (Å²) in [5.41, 5.74) is 5.18. The van der Waals surface area contributed by atoms with Crippen LogP contribution in [0.15, 0.2) is 67.0 Å². The number of hydrogen-bond donors (Lipinski definition) is 0. The van der Waals surface area contributed by atoms with Crippen molar-refractivity contribution in [3.8, 4) is 11.1 Å². The minimum atomic E-state index is -0.146. The van der Waals surface area contributed by atoms with Crippen LogP contribution < -0.4 is 4.90 Å². The first-order chi connectivity index (χ1) is 12.6. The normalized spacial score (nSPS) is 16.9. The minimum absolute atomic E-state index is 0.0619. The molecule has 5 heteroatoms. The number of thioether (sulfide) groups is 1. The fourth-order valence-electron chi connectivity index (χ4n) is 3.16. The summed E-state index contributed by atoms with van der Waals surface area (Å²) in [6, 6.07) is 17.9. The molecule has 1 atom stereocenters. The molecule has 2 heterocycles. The largest absolute Gasteiger partial charge is 0.293 e. The lowest BCUT2D eigenvalue weighted by molar-refractivity contribution is -0.115.